The van der Waals surface area contributed by atoms with Gasteiger partial charge in [0.15, 0.2) is 0 Å². The zero-order valence-electron chi connectivity index (χ0n) is 12.8. The quantitative estimate of drug-likeness (QED) is 0.849. The van der Waals surface area contributed by atoms with Crippen molar-refractivity contribution in [3.63, 3.8) is 0 Å². The summed E-state index contributed by atoms with van der Waals surface area (Å²) in [4.78, 5) is 0. The van der Waals surface area contributed by atoms with Gasteiger partial charge in [-0.15, -0.1) is 0 Å². The van der Waals surface area contributed by atoms with Gasteiger partial charge in [-0.2, -0.15) is 0 Å². The van der Waals surface area contributed by atoms with E-state index in [1.165, 1.54) is 28.7 Å². The van der Waals surface area contributed by atoms with Gasteiger partial charge in [-0.3, -0.25) is 0 Å². The average molecular weight is 277 g/mol. The van der Waals surface area contributed by atoms with Gasteiger partial charge in [-0.1, -0.05) is 74.5 Å². The minimum absolute atomic E-state index is 0.461. The third-order valence-corrected chi connectivity index (χ3v) is 4.10. The van der Waals surface area contributed by atoms with Crippen LogP contribution >= 0.6 is 0 Å². The van der Waals surface area contributed by atoms with E-state index >= 15 is 0 Å². The van der Waals surface area contributed by atoms with Crippen LogP contribution in [0.3, 0.4) is 0 Å². The summed E-state index contributed by atoms with van der Waals surface area (Å²) in [6.07, 6.45) is 2.34. The zero-order valence-corrected chi connectivity index (χ0v) is 12.8. The molecule has 0 heterocycles. The summed E-state index contributed by atoms with van der Waals surface area (Å²) in [5.41, 5.74) is 5.70. The van der Waals surface area contributed by atoms with Crippen LogP contribution in [0.25, 0.3) is 11.1 Å². The molecule has 1 aliphatic carbocycles. The van der Waals surface area contributed by atoms with Gasteiger partial charge in [0.05, 0.1) is 0 Å². The first-order valence-electron chi connectivity index (χ1n) is 7.85. The lowest BCUT2D eigenvalue weighted by atomic mass is 9.95. The molecule has 108 valence electrons. The Balaban J connectivity index is 2.07. The number of rotatable bonds is 4. The van der Waals surface area contributed by atoms with Crippen LogP contribution in [-0.4, -0.2) is 12.1 Å². The highest BCUT2D eigenvalue weighted by Crippen LogP contribution is 2.40. The fraction of sp³-hybridized carbons (Fsp3) is 0.300. The summed E-state index contributed by atoms with van der Waals surface area (Å²) in [7, 11) is 0. The second-order valence-corrected chi connectivity index (χ2v) is 6.04. The zero-order chi connectivity index (χ0) is 14.7. The van der Waals surface area contributed by atoms with Crippen LogP contribution in [0.2, 0.25) is 0 Å². The van der Waals surface area contributed by atoms with E-state index < -0.39 is 0 Å². The van der Waals surface area contributed by atoms with Crippen LogP contribution in [0.15, 0.2) is 60.7 Å². The van der Waals surface area contributed by atoms with Crippen LogP contribution < -0.4 is 5.32 Å². The van der Waals surface area contributed by atoms with Crippen molar-refractivity contribution in [1.29, 1.82) is 0 Å². The van der Waals surface area contributed by atoms with Crippen LogP contribution in [0.1, 0.15) is 37.8 Å². The Morgan fingerprint density at radius 1 is 0.857 bits per heavy atom. The minimum Gasteiger partial charge on any atom is -0.308 e. The molecule has 3 rings (SSSR count). The molecule has 1 nitrogen and oxygen atoms in total. The lowest BCUT2D eigenvalue weighted by Gasteiger charge is -2.20. The maximum atomic E-state index is 3.73. The minimum atomic E-state index is 0.461. The van der Waals surface area contributed by atoms with E-state index in [9.17, 15) is 0 Å². The summed E-state index contributed by atoms with van der Waals surface area (Å²) in [6, 6.07) is 22.6. The largest absolute Gasteiger partial charge is 0.308 e. The van der Waals surface area contributed by atoms with E-state index in [0.29, 0.717) is 12.1 Å². The molecule has 2 aromatic rings. The Kier molecular flexibility index (Phi) is 4.21. The first-order chi connectivity index (χ1) is 10.3. The van der Waals surface area contributed by atoms with E-state index in [4.69, 9.17) is 0 Å². The molecule has 1 N–H and O–H groups in total. The smallest absolute Gasteiger partial charge is 0.0334 e. The van der Waals surface area contributed by atoms with Crippen molar-refractivity contribution in [3.05, 3.63) is 71.8 Å². The number of allylic oxidation sites excluding steroid dienone is 1. The highest BCUT2D eigenvalue weighted by Gasteiger charge is 2.27. The van der Waals surface area contributed by atoms with E-state index in [2.05, 4.69) is 79.8 Å². The Hall–Kier alpha value is -1.86. The molecule has 0 aromatic heterocycles. The van der Waals surface area contributed by atoms with E-state index in [-0.39, 0.29) is 0 Å². The SMILES string of the molecule is CC(C)NC1CCC(c2ccccc2)=C1c1ccccc1. The maximum absolute atomic E-state index is 3.73. The topological polar surface area (TPSA) is 12.0 Å². The molecule has 1 unspecified atom stereocenters. The Morgan fingerprint density at radius 2 is 1.43 bits per heavy atom. The summed E-state index contributed by atoms with van der Waals surface area (Å²) >= 11 is 0. The molecular weight excluding hydrogens is 254 g/mol. The molecule has 1 atom stereocenters. The standard InChI is InChI=1S/C20H23N/c1-15(2)21-19-14-13-18(16-9-5-3-6-10-16)20(19)17-11-7-4-8-12-17/h3-12,15,19,21H,13-14H2,1-2H3. The Bertz CT molecular complexity index is 611. The van der Waals surface area contributed by atoms with Crippen molar-refractivity contribution in [2.75, 3.05) is 0 Å². The fourth-order valence-corrected chi connectivity index (χ4v) is 3.28. The van der Waals surface area contributed by atoms with E-state index in [0.717, 1.165) is 6.42 Å². The molecule has 0 spiro atoms. The third-order valence-electron chi connectivity index (χ3n) is 4.10. The third kappa shape index (κ3) is 3.08. The van der Waals surface area contributed by atoms with Gasteiger partial charge in [-0.25, -0.2) is 0 Å². The predicted octanol–water partition coefficient (Wildman–Crippen LogP) is 4.76. The summed E-state index contributed by atoms with van der Waals surface area (Å²) in [6.45, 7) is 4.45. The molecule has 0 amide bonds. The van der Waals surface area contributed by atoms with Gasteiger partial charge in [0.1, 0.15) is 0 Å². The van der Waals surface area contributed by atoms with Crippen molar-refractivity contribution in [2.24, 2.45) is 0 Å². The molecule has 1 aliphatic rings. The lowest BCUT2D eigenvalue weighted by Crippen LogP contribution is -2.33. The normalized spacial score (nSPS) is 18.5. The average Bonchev–Trinajstić information content (AvgIpc) is 2.92. The number of nitrogens with one attached hydrogen (secondary N) is 1. The number of hydrogen-bond donors (Lipinski definition) is 1. The van der Waals surface area contributed by atoms with Gasteiger partial charge < -0.3 is 5.32 Å². The molecule has 1 heteroatoms. The summed E-state index contributed by atoms with van der Waals surface area (Å²) < 4.78 is 0. The van der Waals surface area contributed by atoms with Crippen molar-refractivity contribution < 1.29 is 0 Å². The van der Waals surface area contributed by atoms with E-state index in [1.54, 1.807) is 0 Å². The Labute approximate surface area is 127 Å². The van der Waals surface area contributed by atoms with Crippen molar-refractivity contribution in [1.82, 2.24) is 5.32 Å². The lowest BCUT2D eigenvalue weighted by molar-refractivity contribution is 0.524. The van der Waals surface area contributed by atoms with Crippen LogP contribution in [-0.2, 0) is 0 Å². The molecule has 0 saturated carbocycles. The van der Waals surface area contributed by atoms with E-state index in [1.807, 2.05) is 0 Å². The van der Waals surface area contributed by atoms with Crippen LogP contribution in [0.4, 0.5) is 0 Å². The predicted molar refractivity (Wildman–Crippen MR) is 91.0 cm³/mol. The highest BCUT2D eigenvalue weighted by molar-refractivity contribution is 5.95. The molecule has 0 bridgehead atoms. The molecule has 0 fully saturated rings. The van der Waals surface area contributed by atoms with Crippen molar-refractivity contribution >= 4 is 11.1 Å². The Morgan fingerprint density at radius 3 is 2.00 bits per heavy atom. The number of benzene rings is 2. The highest BCUT2D eigenvalue weighted by atomic mass is 14.9. The van der Waals surface area contributed by atoms with Crippen molar-refractivity contribution in [3.8, 4) is 0 Å². The maximum Gasteiger partial charge on any atom is 0.0334 e. The van der Waals surface area contributed by atoms with Crippen LogP contribution in [0, 0.1) is 0 Å². The molecule has 0 aliphatic heterocycles. The molecule has 21 heavy (non-hydrogen) atoms. The number of hydrogen-bond acceptors (Lipinski definition) is 1. The molecular formula is C20H23N. The second kappa shape index (κ2) is 6.28. The van der Waals surface area contributed by atoms with Gasteiger partial charge in [0.25, 0.3) is 0 Å². The van der Waals surface area contributed by atoms with Gasteiger partial charge in [0.2, 0.25) is 0 Å². The first kappa shape index (κ1) is 14.1. The monoisotopic (exact) mass is 277 g/mol. The first-order valence-corrected chi connectivity index (χ1v) is 7.85. The molecule has 0 saturated heterocycles. The molecule has 0 radical (unpaired) electrons. The summed E-state index contributed by atoms with van der Waals surface area (Å²) in [5, 5.41) is 3.73. The molecule has 2 aromatic carbocycles. The fourth-order valence-electron chi connectivity index (χ4n) is 3.28. The van der Waals surface area contributed by atoms with Gasteiger partial charge >= 0.3 is 0 Å². The van der Waals surface area contributed by atoms with Gasteiger partial charge in [-0.05, 0) is 35.1 Å². The second-order valence-electron chi connectivity index (χ2n) is 6.04. The summed E-state index contributed by atoms with van der Waals surface area (Å²) in [5.74, 6) is 0. The van der Waals surface area contributed by atoms with Crippen molar-refractivity contribution in [2.45, 2.75) is 38.8 Å². The van der Waals surface area contributed by atoms with Gasteiger partial charge in [0, 0.05) is 12.1 Å². The van der Waals surface area contributed by atoms with Crippen LogP contribution in [0.5, 0.6) is 0 Å².